The van der Waals surface area contributed by atoms with Gasteiger partial charge in [0.25, 0.3) is 11.5 Å². The van der Waals surface area contributed by atoms with Gasteiger partial charge in [-0.1, -0.05) is 24.3 Å². The van der Waals surface area contributed by atoms with Crippen LogP contribution in [0.5, 0.6) is 11.5 Å². The summed E-state index contributed by atoms with van der Waals surface area (Å²) in [5.41, 5.74) is 1.82. The Labute approximate surface area is 186 Å². The molecule has 0 bridgehead atoms. The standard InChI is InChI=1S/C24H27N3O5/c1-30-15-14-27-23(28)13-12-21(26-27)24(29)25-22(18-6-10-20(32-3)11-7-18)16-17-4-8-19(31-2)9-5-17/h4-13,22H,14-16H2,1-3H3,(H,25,29). The maximum absolute atomic E-state index is 13.0. The molecule has 0 aliphatic heterocycles. The van der Waals surface area contributed by atoms with Crippen LogP contribution in [-0.2, 0) is 17.7 Å². The lowest BCUT2D eigenvalue weighted by Gasteiger charge is -2.20. The van der Waals surface area contributed by atoms with Gasteiger partial charge in [0.05, 0.1) is 33.4 Å². The predicted octanol–water partition coefficient (Wildman–Crippen LogP) is 2.62. The number of ether oxygens (including phenoxy) is 3. The first-order valence-electron chi connectivity index (χ1n) is 10.2. The summed E-state index contributed by atoms with van der Waals surface area (Å²) >= 11 is 0. The molecule has 0 saturated carbocycles. The van der Waals surface area contributed by atoms with E-state index in [-0.39, 0.29) is 29.7 Å². The summed E-state index contributed by atoms with van der Waals surface area (Å²) in [7, 11) is 4.77. The molecule has 2 aromatic carbocycles. The fourth-order valence-electron chi connectivity index (χ4n) is 3.23. The number of amides is 1. The molecule has 1 unspecified atom stereocenters. The molecule has 1 aromatic heterocycles. The van der Waals surface area contributed by atoms with E-state index >= 15 is 0 Å². The summed E-state index contributed by atoms with van der Waals surface area (Å²) < 4.78 is 16.7. The SMILES string of the molecule is COCCn1nc(C(=O)NC(Cc2ccc(OC)cc2)c2ccc(OC)cc2)ccc1=O. The molecule has 1 atom stereocenters. The first-order valence-corrected chi connectivity index (χ1v) is 10.2. The van der Waals surface area contributed by atoms with E-state index in [9.17, 15) is 9.59 Å². The molecule has 1 amide bonds. The van der Waals surface area contributed by atoms with Crippen LogP contribution in [0.2, 0.25) is 0 Å². The van der Waals surface area contributed by atoms with Crippen molar-refractivity contribution < 1.29 is 19.0 Å². The lowest BCUT2D eigenvalue weighted by molar-refractivity contribution is 0.0927. The van der Waals surface area contributed by atoms with Crippen molar-refractivity contribution in [2.24, 2.45) is 0 Å². The van der Waals surface area contributed by atoms with Gasteiger partial charge in [-0.15, -0.1) is 0 Å². The Hall–Kier alpha value is -3.65. The van der Waals surface area contributed by atoms with Gasteiger partial charge in [0.2, 0.25) is 0 Å². The Kier molecular flexibility index (Phi) is 7.99. The van der Waals surface area contributed by atoms with Crippen LogP contribution in [0.25, 0.3) is 0 Å². The van der Waals surface area contributed by atoms with Crippen LogP contribution in [0, 0.1) is 0 Å². The van der Waals surface area contributed by atoms with E-state index in [4.69, 9.17) is 14.2 Å². The third kappa shape index (κ3) is 5.95. The quantitative estimate of drug-likeness (QED) is 0.524. The van der Waals surface area contributed by atoms with Gasteiger partial charge in [0.1, 0.15) is 17.2 Å². The average molecular weight is 437 g/mol. The number of carbonyl (C=O) groups is 1. The van der Waals surface area contributed by atoms with Gasteiger partial charge < -0.3 is 19.5 Å². The number of hydrogen-bond donors (Lipinski definition) is 1. The molecule has 0 saturated heterocycles. The zero-order chi connectivity index (χ0) is 22.9. The highest BCUT2D eigenvalue weighted by Crippen LogP contribution is 2.23. The molecule has 8 heteroatoms. The number of methoxy groups -OCH3 is 3. The zero-order valence-corrected chi connectivity index (χ0v) is 18.4. The number of carbonyl (C=O) groups excluding carboxylic acids is 1. The van der Waals surface area contributed by atoms with Gasteiger partial charge in [-0.25, -0.2) is 4.68 Å². The fourth-order valence-corrected chi connectivity index (χ4v) is 3.23. The van der Waals surface area contributed by atoms with E-state index in [1.54, 1.807) is 21.3 Å². The van der Waals surface area contributed by atoms with Crippen molar-refractivity contribution in [3.8, 4) is 11.5 Å². The van der Waals surface area contributed by atoms with E-state index in [0.717, 1.165) is 22.6 Å². The highest BCUT2D eigenvalue weighted by Gasteiger charge is 2.18. The Balaban J connectivity index is 1.85. The van der Waals surface area contributed by atoms with Crippen LogP contribution in [0.4, 0.5) is 0 Å². The second kappa shape index (κ2) is 11.1. The van der Waals surface area contributed by atoms with Gasteiger partial charge >= 0.3 is 0 Å². The molecule has 0 fully saturated rings. The summed E-state index contributed by atoms with van der Waals surface area (Å²) in [4.78, 5) is 25.0. The lowest BCUT2D eigenvalue weighted by atomic mass is 9.98. The number of rotatable bonds is 10. The molecular formula is C24H27N3O5. The maximum Gasteiger partial charge on any atom is 0.272 e. The molecule has 1 heterocycles. The minimum atomic E-state index is -0.370. The smallest absolute Gasteiger partial charge is 0.272 e. The Morgan fingerprint density at radius 1 is 0.938 bits per heavy atom. The molecule has 8 nitrogen and oxygen atoms in total. The Morgan fingerprint density at radius 3 is 2.16 bits per heavy atom. The first-order chi connectivity index (χ1) is 15.5. The lowest BCUT2D eigenvalue weighted by Crippen LogP contribution is -2.33. The van der Waals surface area contributed by atoms with Crippen molar-refractivity contribution in [2.75, 3.05) is 27.9 Å². The molecule has 32 heavy (non-hydrogen) atoms. The van der Waals surface area contributed by atoms with Gasteiger partial charge in [-0.2, -0.15) is 5.10 Å². The summed E-state index contributed by atoms with van der Waals surface area (Å²) in [5.74, 6) is 1.13. The van der Waals surface area contributed by atoms with Crippen molar-refractivity contribution in [1.29, 1.82) is 0 Å². The van der Waals surface area contributed by atoms with Crippen molar-refractivity contribution in [2.45, 2.75) is 19.0 Å². The average Bonchev–Trinajstić information content (AvgIpc) is 2.83. The van der Waals surface area contributed by atoms with Crippen LogP contribution in [0.1, 0.15) is 27.7 Å². The van der Waals surface area contributed by atoms with Crippen molar-refractivity contribution >= 4 is 5.91 Å². The highest BCUT2D eigenvalue weighted by atomic mass is 16.5. The van der Waals surface area contributed by atoms with Gasteiger partial charge in [-0.05, 0) is 47.9 Å². The van der Waals surface area contributed by atoms with Crippen molar-refractivity contribution in [3.63, 3.8) is 0 Å². The van der Waals surface area contributed by atoms with Gasteiger partial charge in [0.15, 0.2) is 0 Å². The largest absolute Gasteiger partial charge is 0.497 e. The van der Waals surface area contributed by atoms with Crippen LogP contribution in [0.15, 0.2) is 65.5 Å². The second-order valence-corrected chi connectivity index (χ2v) is 7.12. The summed E-state index contributed by atoms with van der Waals surface area (Å²) in [6, 6.07) is 17.7. The van der Waals surface area contributed by atoms with E-state index in [2.05, 4.69) is 10.4 Å². The molecule has 0 spiro atoms. The van der Waals surface area contributed by atoms with E-state index < -0.39 is 0 Å². The molecule has 0 aliphatic carbocycles. The van der Waals surface area contributed by atoms with E-state index in [1.807, 2.05) is 48.5 Å². The molecular weight excluding hydrogens is 410 g/mol. The normalized spacial score (nSPS) is 11.6. The highest BCUT2D eigenvalue weighted by molar-refractivity contribution is 5.92. The first kappa shape index (κ1) is 23.0. The topological polar surface area (TPSA) is 91.7 Å². The van der Waals surface area contributed by atoms with Crippen molar-refractivity contribution in [1.82, 2.24) is 15.1 Å². The molecule has 0 radical (unpaired) electrons. The number of hydrogen-bond acceptors (Lipinski definition) is 6. The Morgan fingerprint density at radius 2 is 1.56 bits per heavy atom. The van der Waals surface area contributed by atoms with Gasteiger partial charge in [-0.3, -0.25) is 9.59 Å². The summed E-state index contributed by atoms with van der Waals surface area (Å²) in [5, 5.41) is 7.24. The number of nitrogens with one attached hydrogen (secondary N) is 1. The maximum atomic E-state index is 13.0. The third-order valence-electron chi connectivity index (χ3n) is 5.03. The number of aromatic nitrogens is 2. The molecule has 3 rings (SSSR count). The number of benzene rings is 2. The summed E-state index contributed by atoms with van der Waals surface area (Å²) in [6.07, 6.45) is 0.561. The monoisotopic (exact) mass is 437 g/mol. The van der Waals surface area contributed by atoms with Crippen LogP contribution < -0.4 is 20.3 Å². The molecule has 168 valence electrons. The minimum Gasteiger partial charge on any atom is -0.497 e. The van der Waals surface area contributed by atoms with E-state index in [0.29, 0.717) is 13.0 Å². The van der Waals surface area contributed by atoms with Crippen LogP contribution >= 0.6 is 0 Å². The molecule has 0 aliphatic rings. The second-order valence-electron chi connectivity index (χ2n) is 7.12. The predicted molar refractivity (Wildman–Crippen MR) is 120 cm³/mol. The minimum absolute atomic E-state index is 0.161. The fraction of sp³-hybridized carbons (Fsp3) is 0.292. The van der Waals surface area contributed by atoms with Crippen molar-refractivity contribution in [3.05, 3.63) is 87.8 Å². The third-order valence-corrected chi connectivity index (χ3v) is 5.03. The summed E-state index contributed by atoms with van der Waals surface area (Å²) in [6.45, 7) is 0.591. The van der Waals surface area contributed by atoms with Crippen LogP contribution in [0.3, 0.4) is 0 Å². The number of nitrogens with zero attached hydrogens (tertiary/aromatic N) is 2. The Bertz CT molecular complexity index is 1080. The molecule has 1 N–H and O–H groups in total. The zero-order valence-electron chi connectivity index (χ0n) is 18.4. The molecule has 3 aromatic rings. The van der Waals surface area contributed by atoms with Gasteiger partial charge in [0, 0.05) is 13.2 Å². The van der Waals surface area contributed by atoms with E-state index in [1.165, 1.54) is 16.8 Å². The van der Waals surface area contributed by atoms with Crippen LogP contribution in [-0.4, -0.2) is 43.6 Å².